The molecule has 1 fully saturated rings. The van der Waals surface area contributed by atoms with E-state index in [1.807, 2.05) is 6.92 Å². The summed E-state index contributed by atoms with van der Waals surface area (Å²) in [7, 11) is 3.61. The minimum Gasteiger partial charge on any atom is -0.356 e. The SMILES string of the molecule is Cc1cc(N2CCC[C@H](CCC(=O)N(C)C)C2)nc2ccc(F)cc12. The van der Waals surface area contributed by atoms with Crippen molar-refractivity contribution in [1.29, 1.82) is 0 Å². The third-order valence-corrected chi connectivity index (χ3v) is 5.07. The Morgan fingerprint density at radius 1 is 1.36 bits per heavy atom. The Bertz CT molecular complexity index is 775. The van der Waals surface area contributed by atoms with Gasteiger partial charge in [0.25, 0.3) is 0 Å². The predicted molar refractivity (Wildman–Crippen MR) is 99.3 cm³/mol. The predicted octanol–water partition coefficient (Wildman–Crippen LogP) is 3.77. The van der Waals surface area contributed by atoms with Crippen molar-refractivity contribution in [2.75, 3.05) is 32.1 Å². The average molecular weight is 343 g/mol. The second kappa shape index (κ2) is 7.38. The number of fused-ring (bicyclic) bond motifs is 1. The van der Waals surface area contributed by atoms with Crippen LogP contribution in [0.3, 0.4) is 0 Å². The van der Waals surface area contributed by atoms with Crippen LogP contribution < -0.4 is 4.90 Å². The lowest BCUT2D eigenvalue weighted by Gasteiger charge is -2.34. The lowest BCUT2D eigenvalue weighted by molar-refractivity contribution is -0.129. The summed E-state index contributed by atoms with van der Waals surface area (Å²) in [6.45, 7) is 3.92. The topological polar surface area (TPSA) is 36.4 Å². The molecule has 4 nitrogen and oxygen atoms in total. The van der Waals surface area contributed by atoms with Gasteiger partial charge in [-0.05, 0) is 61.9 Å². The van der Waals surface area contributed by atoms with Gasteiger partial charge in [0.15, 0.2) is 0 Å². The van der Waals surface area contributed by atoms with Crippen LogP contribution in [0.5, 0.6) is 0 Å². The van der Waals surface area contributed by atoms with Gasteiger partial charge < -0.3 is 9.80 Å². The largest absolute Gasteiger partial charge is 0.356 e. The molecule has 0 N–H and O–H groups in total. The number of halogens is 1. The summed E-state index contributed by atoms with van der Waals surface area (Å²) in [6, 6.07) is 6.81. The molecule has 2 heterocycles. The highest BCUT2D eigenvalue weighted by Gasteiger charge is 2.22. The number of aryl methyl sites for hydroxylation is 1. The fourth-order valence-electron chi connectivity index (χ4n) is 3.57. The van der Waals surface area contributed by atoms with Gasteiger partial charge in [0.2, 0.25) is 5.91 Å². The number of hydrogen-bond donors (Lipinski definition) is 0. The molecule has 0 bridgehead atoms. The number of aromatic nitrogens is 1. The number of nitrogens with zero attached hydrogens (tertiary/aromatic N) is 3. The van der Waals surface area contributed by atoms with E-state index in [-0.39, 0.29) is 11.7 Å². The van der Waals surface area contributed by atoms with E-state index in [9.17, 15) is 9.18 Å². The molecule has 1 saturated heterocycles. The number of hydrogen-bond acceptors (Lipinski definition) is 3. The van der Waals surface area contributed by atoms with Gasteiger partial charge in [0, 0.05) is 39.0 Å². The fraction of sp³-hybridized carbons (Fsp3) is 0.500. The number of anilines is 1. The molecule has 1 aliphatic rings. The molecule has 0 saturated carbocycles. The second-order valence-corrected chi connectivity index (χ2v) is 7.24. The first-order valence-electron chi connectivity index (χ1n) is 8.96. The van der Waals surface area contributed by atoms with Crippen LogP contribution in [0, 0.1) is 18.7 Å². The van der Waals surface area contributed by atoms with Crippen molar-refractivity contribution in [3.8, 4) is 0 Å². The van der Waals surface area contributed by atoms with Crippen molar-refractivity contribution in [2.24, 2.45) is 5.92 Å². The standard InChI is InChI=1S/C20H26FN3O/c1-14-11-19(22-18-8-7-16(21)12-17(14)18)24-10-4-5-15(13-24)6-9-20(25)23(2)3/h7-8,11-12,15H,4-6,9-10,13H2,1-3H3/t15-/m1/s1. The molecule has 3 rings (SSSR count). The van der Waals surface area contributed by atoms with E-state index in [1.165, 1.54) is 6.07 Å². The highest BCUT2D eigenvalue weighted by molar-refractivity contribution is 5.84. The lowest BCUT2D eigenvalue weighted by Crippen LogP contribution is -2.36. The molecule has 25 heavy (non-hydrogen) atoms. The van der Waals surface area contributed by atoms with Crippen LogP contribution >= 0.6 is 0 Å². The maximum absolute atomic E-state index is 13.5. The Kier molecular flexibility index (Phi) is 5.21. The molecular weight excluding hydrogens is 317 g/mol. The molecule has 1 atom stereocenters. The maximum atomic E-state index is 13.5. The van der Waals surface area contributed by atoms with Crippen LogP contribution in [0.4, 0.5) is 10.2 Å². The van der Waals surface area contributed by atoms with Crippen LogP contribution in [0.25, 0.3) is 10.9 Å². The lowest BCUT2D eigenvalue weighted by atomic mass is 9.93. The zero-order valence-corrected chi connectivity index (χ0v) is 15.3. The van der Waals surface area contributed by atoms with Crippen molar-refractivity contribution in [1.82, 2.24) is 9.88 Å². The molecule has 0 unspecified atom stereocenters. The Morgan fingerprint density at radius 2 is 2.16 bits per heavy atom. The number of carbonyl (C=O) groups excluding carboxylic acids is 1. The van der Waals surface area contributed by atoms with Gasteiger partial charge in [-0.25, -0.2) is 9.37 Å². The molecule has 2 aromatic rings. The van der Waals surface area contributed by atoms with Gasteiger partial charge in [-0.3, -0.25) is 4.79 Å². The van der Waals surface area contributed by atoms with E-state index in [2.05, 4.69) is 11.0 Å². The zero-order valence-electron chi connectivity index (χ0n) is 15.3. The molecule has 1 aliphatic heterocycles. The fourth-order valence-corrected chi connectivity index (χ4v) is 3.57. The van der Waals surface area contributed by atoms with Gasteiger partial charge in [-0.1, -0.05) is 0 Å². The van der Waals surface area contributed by atoms with Crippen LogP contribution in [0.1, 0.15) is 31.2 Å². The van der Waals surface area contributed by atoms with E-state index in [1.54, 1.807) is 31.1 Å². The summed E-state index contributed by atoms with van der Waals surface area (Å²) in [6.07, 6.45) is 3.80. The van der Waals surface area contributed by atoms with Gasteiger partial charge in [0.1, 0.15) is 11.6 Å². The van der Waals surface area contributed by atoms with Crippen LogP contribution in [0.15, 0.2) is 24.3 Å². The third kappa shape index (κ3) is 4.09. The number of rotatable bonds is 4. The highest BCUT2D eigenvalue weighted by Crippen LogP contribution is 2.28. The quantitative estimate of drug-likeness (QED) is 0.848. The van der Waals surface area contributed by atoms with Crippen LogP contribution in [-0.4, -0.2) is 43.0 Å². The number of piperidine rings is 1. The zero-order chi connectivity index (χ0) is 18.0. The summed E-state index contributed by atoms with van der Waals surface area (Å²) in [5.74, 6) is 1.44. The molecule has 5 heteroatoms. The minimum atomic E-state index is -0.228. The van der Waals surface area contributed by atoms with Crippen LogP contribution in [0.2, 0.25) is 0 Å². The summed E-state index contributed by atoms with van der Waals surface area (Å²) < 4.78 is 13.5. The van der Waals surface area contributed by atoms with Gasteiger partial charge in [-0.2, -0.15) is 0 Å². The highest BCUT2D eigenvalue weighted by atomic mass is 19.1. The first-order valence-corrected chi connectivity index (χ1v) is 8.96. The normalized spacial score (nSPS) is 17.8. The van der Waals surface area contributed by atoms with E-state index < -0.39 is 0 Å². The number of pyridine rings is 1. The Morgan fingerprint density at radius 3 is 2.92 bits per heavy atom. The summed E-state index contributed by atoms with van der Waals surface area (Å²) in [4.78, 5) is 20.5. The average Bonchev–Trinajstić information content (AvgIpc) is 2.60. The Labute approximate surface area is 148 Å². The smallest absolute Gasteiger partial charge is 0.222 e. The second-order valence-electron chi connectivity index (χ2n) is 7.24. The van der Waals surface area contributed by atoms with E-state index in [4.69, 9.17) is 4.98 Å². The summed E-state index contributed by atoms with van der Waals surface area (Å²) in [5, 5.41) is 0.869. The van der Waals surface area contributed by atoms with Gasteiger partial charge >= 0.3 is 0 Å². The maximum Gasteiger partial charge on any atom is 0.222 e. The molecule has 0 spiro atoms. The summed E-state index contributed by atoms with van der Waals surface area (Å²) >= 11 is 0. The van der Waals surface area contributed by atoms with Crippen molar-refractivity contribution < 1.29 is 9.18 Å². The molecule has 1 aromatic heterocycles. The number of benzene rings is 1. The van der Waals surface area contributed by atoms with Gasteiger partial charge in [0.05, 0.1) is 5.52 Å². The number of carbonyl (C=O) groups is 1. The molecule has 0 radical (unpaired) electrons. The van der Waals surface area contributed by atoms with Crippen molar-refractivity contribution in [3.05, 3.63) is 35.6 Å². The van der Waals surface area contributed by atoms with Crippen molar-refractivity contribution in [3.63, 3.8) is 0 Å². The minimum absolute atomic E-state index is 0.193. The Balaban J connectivity index is 1.74. The molecule has 1 amide bonds. The van der Waals surface area contributed by atoms with Crippen molar-refractivity contribution in [2.45, 2.75) is 32.6 Å². The van der Waals surface area contributed by atoms with Gasteiger partial charge in [-0.15, -0.1) is 0 Å². The van der Waals surface area contributed by atoms with E-state index >= 15 is 0 Å². The van der Waals surface area contributed by atoms with Crippen LogP contribution in [-0.2, 0) is 4.79 Å². The molecule has 134 valence electrons. The molecule has 1 aromatic carbocycles. The number of amides is 1. The molecule has 0 aliphatic carbocycles. The van der Waals surface area contributed by atoms with Crippen molar-refractivity contribution >= 4 is 22.6 Å². The monoisotopic (exact) mass is 343 g/mol. The first kappa shape index (κ1) is 17.6. The summed E-state index contributed by atoms with van der Waals surface area (Å²) in [5.41, 5.74) is 1.88. The van der Waals surface area contributed by atoms with E-state index in [0.717, 1.165) is 54.6 Å². The molecular formula is C20H26FN3O. The Hall–Kier alpha value is -2.17. The van der Waals surface area contributed by atoms with E-state index in [0.29, 0.717) is 12.3 Å². The third-order valence-electron chi connectivity index (χ3n) is 5.07. The first-order chi connectivity index (χ1) is 11.9.